The molecule has 6 aromatic carbocycles. The van der Waals surface area contributed by atoms with Crippen LogP contribution in [0.5, 0.6) is 0 Å². The summed E-state index contributed by atoms with van der Waals surface area (Å²) in [5.41, 5.74) is 11.0. The van der Waals surface area contributed by atoms with Crippen LogP contribution in [0.4, 0.5) is 38.5 Å². The van der Waals surface area contributed by atoms with Gasteiger partial charge in [0.25, 0.3) is 6.71 Å². The third-order valence-corrected chi connectivity index (χ3v) is 8.34. The van der Waals surface area contributed by atoms with Gasteiger partial charge in [0.15, 0.2) is 0 Å². The fourth-order valence-electron chi connectivity index (χ4n) is 6.66. The van der Waals surface area contributed by atoms with Crippen molar-refractivity contribution in [1.29, 1.82) is 5.26 Å². The molecule has 2 aliphatic rings. The first-order valence-electron chi connectivity index (χ1n) is 14.0. The summed E-state index contributed by atoms with van der Waals surface area (Å²) >= 11 is 0. The van der Waals surface area contributed by atoms with Crippen molar-refractivity contribution < 1.29 is 4.39 Å². The summed E-state index contributed by atoms with van der Waals surface area (Å²) in [5.74, 6) is -0.414. The molecule has 3 nitrogen and oxygen atoms in total. The molecule has 0 unspecified atom stereocenters. The van der Waals surface area contributed by atoms with Crippen molar-refractivity contribution in [3.05, 3.63) is 151 Å². The van der Waals surface area contributed by atoms with Crippen LogP contribution in [-0.4, -0.2) is 6.71 Å². The molecule has 5 heteroatoms. The van der Waals surface area contributed by atoms with E-state index in [4.69, 9.17) is 0 Å². The largest absolute Gasteiger partial charge is 0.311 e. The first kappa shape index (κ1) is 24.2. The van der Waals surface area contributed by atoms with Crippen molar-refractivity contribution in [1.82, 2.24) is 0 Å². The van der Waals surface area contributed by atoms with Crippen molar-refractivity contribution in [2.24, 2.45) is 0 Å². The minimum absolute atomic E-state index is 0.0209. The van der Waals surface area contributed by atoms with Gasteiger partial charge in [0.05, 0.1) is 11.6 Å². The number of nitriles is 1. The molecular formula is C37H23BFN3. The summed E-state index contributed by atoms with van der Waals surface area (Å²) in [6.45, 7) is -0.0209. The van der Waals surface area contributed by atoms with Crippen LogP contribution < -0.4 is 26.2 Å². The predicted molar refractivity (Wildman–Crippen MR) is 171 cm³/mol. The van der Waals surface area contributed by atoms with Gasteiger partial charge in [-0.3, -0.25) is 0 Å². The smallest absolute Gasteiger partial charge is 0.252 e. The predicted octanol–water partition coefficient (Wildman–Crippen LogP) is 7.45. The third-order valence-electron chi connectivity index (χ3n) is 8.34. The molecule has 0 fully saturated rings. The van der Waals surface area contributed by atoms with Crippen LogP contribution in [0.15, 0.2) is 140 Å². The Hall–Kier alpha value is -5.60. The monoisotopic (exact) mass is 539 g/mol. The van der Waals surface area contributed by atoms with E-state index in [1.165, 1.54) is 17.0 Å². The number of anilines is 6. The highest BCUT2D eigenvalue weighted by molar-refractivity contribution is 7.00. The maximum atomic E-state index is 15.6. The SMILES string of the molecule is N#Cc1cccc(F)c1-c1cc2c3c(c1)N(c1ccccc1)c1ccccc1B3c1ccccc1N2c1ccccc1. The minimum atomic E-state index is -0.414. The van der Waals surface area contributed by atoms with E-state index in [1.807, 2.05) is 36.4 Å². The van der Waals surface area contributed by atoms with E-state index in [-0.39, 0.29) is 6.71 Å². The average Bonchev–Trinajstić information content (AvgIpc) is 3.05. The van der Waals surface area contributed by atoms with Gasteiger partial charge in [-0.05, 0) is 82.6 Å². The molecule has 0 aliphatic carbocycles. The Morgan fingerprint density at radius 3 is 1.57 bits per heavy atom. The number of nitrogens with zero attached hydrogens (tertiary/aromatic N) is 3. The van der Waals surface area contributed by atoms with Crippen molar-refractivity contribution >= 4 is 57.2 Å². The van der Waals surface area contributed by atoms with Gasteiger partial charge in [0, 0.05) is 39.7 Å². The van der Waals surface area contributed by atoms with Crippen LogP contribution >= 0.6 is 0 Å². The molecule has 0 saturated heterocycles. The second-order valence-corrected chi connectivity index (χ2v) is 10.6. The Bertz CT molecular complexity index is 1920. The molecule has 42 heavy (non-hydrogen) atoms. The van der Waals surface area contributed by atoms with Gasteiger partial charge in [0.2, 0.25) is 0 Å². The van der Waals surface area contributed by atoms with E-state index >= 15 is 4.39 Å². The van der Waals surface area contributed by atoms with E-state index in [1.54, 1.807) is 12.1 Å². The third kappa shape index (κ3) is 3.52. The zero-order valence-electron chi connectivity index (χ0n) is 22.6. The van der Waals surface area contributed by atoms with E-state index in [2.05, 4.69) is 101 Å². The number of benzene rings is 6. The highest BCUT2D eigenvalue weighted by Gasteiger charge is 2.43. The molecule has 0 aromatic heterocycles. The normalized spacial score (nSPS) is 12.7. The zero-order chi connectivity index (χ0) is 28.2. The number of para-hydroxylation sites is 4. The lowest BCUT2D eigenvalue weighted by Crippen LogP contribution is -2.61. The second-order valence-electron chi connectivity index (χ2n) is 10.6. The molecule has 0 atom stereocenters. The molecule has 2 heterocycles. The fourth-order valence-corrected chi connectivity index (χ4v) is 6.66. The standard InChI is InChI=1S/C37H23BFN3/c39-31-19-11-12-25(24-40)36(31)26-22-34-37-35(23-26)42(28-15-5-2-6-16-28)33-21-10-8-18-30(33)38(37)29-17-7-9-20-32(29)41(34)27-13-3-1-4-14-27/h1-23H. The fraction of sp³-hybridized carbons (Fsp3) is 0. The summed E-state index contributed by atoms with van der Waals surface area (Å²) in [5, 5.41) is 10.0. The first-order valence-corrected chi connectivity index (χ1v) is 14.0. The molecule has 0 bridgehead atoms. The maximum Gasteiger partial charge on any atom is 0.252 e. The van der Waals surface area contributed by atoms with Crippen LogP contribution in [0.1, 0.15) is 5.56 Å². The van der Waals surface area contributed by atoms with Crippen molar-refractivity contribution in [2.75, 3.05) is 9.80 Å². The lowest BCUT2D eigenvalue weighted by molar-refractivity contribution is 0.631. The highest BCUT2D eigenvalue weighted by Crippen LogP contribution is 2.46. The van der Waals surface area contributed by atoms with E-state index in [0.717, 1.165) is 39.6 Å². The number of hydrogen-bond donors (Lipinski definition) is 0. The Morgan fingerprint density at radius 1 is 0.548 bits per heavy atom. The number of fused-ring (bicyclic) bond motifs is 4. The van der Waals surface area contributed by atoms with E-state index < -0.39 is 5.82 Å². The summed E-state index contributed by atoms with van der Waals surface area (Å²) in [6, 6.07) is 48.7. The Labute approximate surface area is 244 Å². The Kier molecular flexibility index (Phi) is 5.48. The maximum absolute atomic E-state index is 15.6. The molecule has 0 N–H and O–H groups in total. The molecule has 0 saturated carbocycles. The zero-order valence-corrected chi connectivity index (χ0v) is 22.6. The summed E-state index contributed by atoms with van der Waals surface area (Å²) < 4.78 is 15.6. The minimum Gasteiger partial charge on any atom is -0.311 e. The summed E-state index contributed by atoms with van der Waals surface area (Å²) in [4.78, 5) is 4.55. The average molecular weight is 539 g/mol. The van der Waals surface area contributed by atoms with Crippen LogP contribution in [0.3, 0.4) is 0 Å². The van der Waals surface area contributed by atoms with Crippen LogP contribution in [0, 0.1) is 17.1 Å². The summed E-state index contributed by atoms with van der Waals surface area (Å²) in [6.07, 6.45) is 0. The summed E-state index contributed by atoms with van der Waals surface area (Å²) in [7, 11) is 0. The van der Waals surface area contributed by atoms with Crippen LogP contribution in [-0.2, 0) is 0 Å². The van der Waals surface area contributed by atoms with Gasteiger partial charge in [-0.15, -0.1) is 0 Å². The molecule has 6 aromatic rings. The molecule has 0 radical (unpaired) electrons. The van der Waals surface area contributed by atoms with Gasteiger partial charge >= 0.3 is 0 Å². The lowest BCUT2D eigenvalue weighted by Gasteiger charge is -2.44. The quantitative estimate of drug-likeness (QED) is 0.219. The molecule has 0 spiro atoms. The topological polar surface area (TPSA) is 30.3 Å². The number of hydrogen-bond acceptors (Lipinski definition) is 3. The molecule has 8 rings (SSSR count). The lowest BCUT2D eigenvalue weighted by atomic mass is 9.33. The van der Waals surface area contributed by atoms with Gasteiger partial charge in [-0.2, -0.15) is 5.26 Å². The molecular weight excluding hydrogens is 516 g/mol. The Balaban J connectivity index is 1.54. The van der Waals surface area contributed by atoms with Crippen molar-refractivity contribution in [3.8, 4) is 17.2 Å². The van der Waals surface area contributed by atoms with Gasteiger partial charge in [0.1, 0.15) is 5.82 Å². The van der Waals surface area contributed by atoms with Crippen LogP contribution in [0.25, 0.3) is 11.1 Å². The van der Waals surface area contributed by atoms with Crippen molar-refractivity contribution in [2.45, 2.75) is 0 Å². The van der Waals surface area contributed by atoms with Gasteiger partial charge < -0.3 is 9.80 Å². The number of rotatable bonds is 3. The first-order chi connectivity index (χ1) is 20.7. The number of halogens is 1. The van der Waals surface area contributed by atoms with E-state index in [9.17, 15) is 5.26 Å². The van der Waals surface area contributed by atoms with Crippen molar-refractivity contribution in [3.63, 3.8) is 0 Å². The molecule has 196 valence electrons. The van der Waals surface area contributed by atoms with Gasteiger partial charge in [-0.25, -0.2) is 4.39 Å². The highest BCUT2D eigenvalue weighted by atomic mass is 19.1. The Morgan fingerprint density at radius 2 is 1.05 bits per heavy atom. The van der Waals surface area contributed by atoms with Gasteiger partial charge in [-0.1, -0.05) is 78.9 Å². The van der Waals surface area contributed by atoms with E-state index in [0.29, 0.717) is 16.7 Å². The second kappa shape index (κ2) is 9.50. The van der Waals surface area contributed by atoms with Crippen LogP contribution in [0.2, 0.25) is 0 Å². The molecule has 0 amide bonds. The molecule has 2 aliphatic heterocycles.